The van der Waals surface area contributed by atoms with Gasteiger partial charge in [-0.1, -0.05) is 36.4 Å². The summed E-state index contributed by atoms with van der Waals surface area (Å²) in [6.07, 6.45) is 2.52. The first-order valence-corrected chi connectivity index (χ1v) is 8.97. The minimum absolute atomic E-state index is 0.189. The fourth-order valence-corrected chi connectivity index (χ4v) is 4.15. The molecular weight excluding hydrogens is 315 g/mol. The van der Waals surface area contributed by atoms with E-state index in [2.05, 4.69) is 28.4 Å². The Morgan fingerprint density at radius 1 is 1.04 bits per heavy atom. The molecule has 0 unspecified atom stereocenters. The standard InChI is InChI=1S/C21H23FN2O/c22-19-7-3-4-16(12-19)15-24-10-8-21(9-11-24)13-17-5-1-2-6-18(17)14-23-20(21)25/h1-7,12H,8-11,13-15H2,(H,23,25). The minimum atomic E-state index is -0.301. The van der Waals surface area contributed by atoms with Crippen LogP contribution in [0.25, 0.3) is 0 Å². The number of hydrogen-bond acceptors (Lipinski definition) is 2. The topological polar surface area (TPSA) is 32.3 Å². The highest BCUT2D eigenvalue weighted by molar-refractivity contribution is 5.83. The van der Waals surface area contributed by atoms with E-state index in [1.165, 1.54) is 17.2 Å². The number of benzene rings is 2. The van der Waals surface area contributed by atoms with Gasteiger partial charge in [-0.05, 0) is 61.2 Å². The summed E-state index contributed by atoms with van der Waals surface area (Å²) in [5.74, 6) is -0.000150. The van der Waals surface area contributed by atoms with Crippen LogP contribution in [-0.4, -0.2) is 23.9 Å². The summed E-state index contributed by atoms with van der Waals surface area (Å²) in [7, 11) is 0. The Balaban J connectivity index is 1.47. The van der Waals surface area contributed by atoms with Crippen molar-refractivity contribution in [1.29, 1.82) is 0 Å². The van der Waals surface area contributed by atoms with Crippen LogP contribution in [0, 0.1) is 11.2 Å². The molecule has 4 rings (SSSR count). The number of nitrogens with one attached hydrogen (secondary N) is 1. The van der Waals surface area contributed by atoms with Crippen molar-refractivity contribution in [2.75, 3.05) is 13.1 Å². The molecule has 3 nitrogen and oxygen atoms in total. The summed E-state index contributed by atoms with van der Waals surface area (Å²) in [5.41, 5.74) is 3.21. The van der Waals surface area contributed by atoms with Crippen molar-refractivity contribution in [2.24, 2.45) is 5.41 Å². The molecule has 130 valence electrons. The van der Waals surface area contributed by atoms with Gasteiger partial charge >= 0.3 is 0 Å². The first-order valence-electron chi connectivity index (χ1n) is 8.97. The second-order valence-corrected chi connectivity index (χ2v) is 7.31. The van der Waals surface area contributed by atoms with Crippen LogP contribution in [0.1, 0.15) is 29.5 Å². The zero-order valence-corrected chi connectivity index (χ0v) is 14.3. The fraction of sp³-hybridized carbons (Fsp3) is 0.381. The van der Waals surface area contributed by atoms with E-state index >= 15 is 0 Å². The average molecular weight is 338 g/mol. The summed E-state index contributed by atoms with van der Waals surface area (Å²) in [4.78, 5) is 15.1. The van der Waals surface area contributed by atoms with Crippen molar-refractivity contribution in [3.05, 3.63) is 71.0 Å². The molecule has 0 bridgehead atoms. The monoisotopic (exact) mass is 338 g/mol. The van der Waals surface area contributed by atoms with Crippen molar-refractivity contribution in [3.63, 3.8) is 0 Å². The van der Waals surface area contributed by atoms with E-state index in [9.17, 15) is 9.18 Å². The fourth-order valence-electron chi connectivity index (χ4n) is 4.15. The van der Waals surface area contributed by atoms with Crippen LogP contribution in [0.3, 0.4) is 0 Å². The van der Waals surface area contributed by atoms with Gasteiger partial charge in [0.05, 0.1) is 5.41 Å². The Morgan fingerprint density at radius 2 is 1.80 bits per heavy atom. The molecule has 2 aliphatic rings. The predicted molar refractivity (Wildman–Crippen MR) is 95.3 cm³/mol. The molecule has 0 saturated carbocycles. The second-order valence-electron chi connectivity index (χ2n) is 7.31. The van der Waals surface area contributed by atoms with Crippen LogP contribution < -0.4 is 5.32 Å². The van der Waals surface area contributed by atoms with Gasteiger partial charge < -0.3 is 5.32 Å². The van der Waals surface area contributed by atoms with Gasteiger partial charge in [0.25, 0.3) is 0 Å². The summed E-state index contributed by atoms with van der Waals surface area (Å²) < 4.78 is 13.4. The van der Waals surface area contributed by atoms with Gasteiger partial charge in [-0.3, -0.25) is 9.69 Å². The van der Waals surface area contributed by atoms with Crippen molar-refractivity contribution in [3.8, 4) is 0 Å². The smallest absolute Gasteiger partial charge is 0.226 e. The molecule has 2 aromatic rings. The number of amides is 1. The third-order valence-corrected chi connectivity index (χ3v) is 5.68. The highest BCUT2D eigenvalue weighted by atomic mass is 19.1. The number of halogens is 1. The molecule has 2 aromatic carbocycles. The molecule has 1 spiro atoms. The van der Waals surface area contributed by atoms with Crippen LogP contribution in [0.2, 0.25) is 0 Å². The normalized spacial score (nSPS) is 20.0. The second kappa shape index (κ2) is 6.60. The number of nitrogens with zero attached hydrogens (tertiary/aromatic N) is 1. The summed E-state index contributed by atoms with van der Waals surface area (Å²) in [6.45, 7) is 3.11. The molecule has 2 heterocycles. The van der Waals surface area contributed by atoms with E-state index in [1.807, 2.05) is 12.1 Å². The largest absolute Gasteiger partial charge is 0.352 e. The van der Waals surface area contributed by atoms with E-state index in [1.54, 1.807) is 12.1 Å². The van der Waals surface area contributed by atoms with Gasteiger partial charge in [0, 0.05) is 13.1 Å². The zero-order valence-electron chi connectivity index (χ0n) is 14.3. The third kappa shape index (κ3) is 3.31. The Labute approximate surface area is 147 Å². The third-order valence-electron chi connectivity index (χ3n) is 5.68. The zero-order chi connectivity index (χ0) is 17.3. The lowest BCUT2D eigenvalue weighted by Crippen LogP contribution is -2.48. The number of fused-ring (bicyclic) bond motifs is 1. The van der Waals surface area contributed by atoms with Gasteiger partial charge in [0.1, 0.15) is 5.82 Å². The van der Waals surface area contributed by atoms with E-state index in [-0.39, 0.29) is 17.1 Å². The molecule has 1 fully saturated rings. The lowest BCUT2D eigenvalue weighted by atomic mass is 9.73. The Morgan fingerprint density at radius 3 is 2.56 bits per heavy atom. The van der Waals surface area contributed by atoms with Crippen molar-refractivity contribution >= 4 is 5.91 Å². The van der Waals surface area contributed by atoms with Crippen molar-refractivity contribution < 1.29 is 9.18 Å². The number of carbonyl (C=O) groups excluding carboxylic acids is 1. The lowest BCUT2D eigenvalue weighted by molar-refractivity contribution is -0.133. The SMILES string of the molecule is O=C1NCc2ccccc2CC12CCN(Cc1cccc(F)c1)CC2. The van der Waals surface area contributed by atoms with Crippen LogP contribution in [-0.2, 0) is 24.3 Å². The highest BCUT2D eigenvalue weighted by Crippen LogP contribution is 2.38. The predicted octanol–water partition coefficient (Wildman–Crippen LogP) is 3.28. The number of carbonyl (C=O) groups is 1. The molecule has 0 aliphatic carbocycles. The first-order chi connectivity index (χ1) is 12.1. The quantitative estimate of drug-likeness (QED) is 0.911. The molecule has 4 heteroatoms. The number of hydrogen-bond donors (Lipinski definition) is 1. The van der Waals surface area contributed by atoms with Gasteiger partial charge in [0.2, 0.25) is 5.91 Å². The lowest BCUT2D eigenvalue weighted by Gasteiger charge is -2.40. The van der Waals surface area contributed by atoms with Gasteiger partial charge in [-0.2, -0.15) is 0 Å². The summed E-state index contributed by atoms with van der Waals surface area (Å²) in [5, 5.41) is 3.13. The molecule has 1 N–H and O–H groups in total. The molecule has 0 atom stereocenters. The van der Waals surface area contributed by atoms with Gasteiger partial charge in [-0.15, -0.1) is 0 Å². The Hall–Kier alpha value is -2.20. The first kappa shape index (κ1) is 16.3. The summed E-state index contributed by atoms with van der Waals surface area (Å²) in [6, 6.07) is 15.1. The maximum Gasteiger partial charge on any atom is 0.226 e. The Bertz CT molecular complexity index is 781. The Kier molecular flexibility index (Phi) is 4.30. The van der Waals surface area contributed by atoms with Gasteiger partial charge in [-0.25, -0.2) is 4.39 Å². The highest BCUT2D eigenvalue weighted by Gasteiger charge is 2.42. The molecule has 0 aromatic heterocycles. The van der Waals surface area contributed by atoms with Crippen LogP contribution in [0.4, 0.5) is 4.39 Å². The van der Waals surface area contributed by atoms with E-state index in [0.717, 1.165) is 44.5 Å². The number of piperidine rings is 1. The molecule has 2 aliphatic heterocycles. The van der Waals surface area contributed by atoms with Crippen molar-refractivity contribution in [1.82, 2.24) is 10.2 Å². The van der Waals surface area contributed by atoms with E-state index < -0.39 is 0 Å². The van der Waals surface area contributed by atoms with Gasteiger partial charge in [0.15, 0.2) is 0 Å². The average Bonchev–Trinajstić information content (AvgIpc) is 2.75. The van der Waals surface area contributed by atoms with E-state index in [4.69, 9.17) is 0 Å². The van der Waals surface area contributed by atoms with Crippen molar-refractivity contribution in [2.45, 2.75) is 32.4 Å². The summed E-state index contributed by atoms with van der Waals surface area (Å²) >= 11 is 0. The van der Waals surface area contributed by atoms with Crippen LogP contribution in [0.5, 0.6) is 0 Å². The van der Waals surface area contributed by atoms with Crippen LogP contribution >= 0.6 is 0 Å². The molecule has 1 saturated heterocycles. The number of rotatable bonds is 2. The maximum atomic E-state index is 13.4. The molecule has 1 amide bonds. The molecule has 0 radical (unpaired) electrons. The van der Waals surface area contributed by atoms with E-state index in [0.29, 0.717) is 6.54 Å². The minimum Gasteiger partial charge on any atom is -0.352 e. The maximum absolute atomic E-state index is 13.4. The molecule has 25 heavy (non-hydrogen) atoms. The van der Waals surface area contributed by atoms with Crippen LogP contribution in [0.15, 0.2) is 48.5 Å². The number of likely N-dealkylation sites (tertiary alicyclic amines) is 1. The molecular formula is C21H23FN2O.